The van der Waals surface area contributed by atoms with Gasteiger partial charge < -0.3 is 0 Å². The largest absolute Gasteiger partial charge is 0.249 e. The second-order valence-corrected chi connectivity index (χ2v) is 8.22. The maximum absolute atomic E-state index is 4.52. The molecular formula is C14H25NS. The second kappa shape index (κ2) is 4.87. The lowest BCUT2D eigenvalue weighted by Gasteiger charge is -2.17. The predicted molar refractivity (Wildman–Crippen MR) is 73.0 cm³/mol. The maximum Gasteiger partial charge on any atom is 0.0927 e. The number of hydrogen-bond donors (Lipinski definition) is 0. The van der Waals surface area contributed by atoms with E-state index in [9.17, 15) is 0 Å². The summed E-state index contributed by atoms with van der Waals surface area (Å²) in [6.45, 7) is 13.7. The zero-order chi connectivity index (χ0) is 12.4. The third-order valence-electron chi connectivity index (χ3n) is 2.39. The van der Waals surface area contributed by atoms with E-state index in [4.69, 9.17) is 0 Å². The van der Waals surface area contributed by atoms with E-state index in [1.165, 1.54) is 16.3 Å². The highest BCUT2D eigenvalue weighted by Crippen LogP contribution is 2.27. The van der Waals surface area contributed by atoms with Gasteiger partial charge in [0.05, 0.1) is 5.01 Å². The molecule has 1 nitrogen and oxygen atoms in total. The molecule has 0 aromatic carbocycles. The van der Waals surface area contributed by atoms with Gasteiger partial charge in [-0.2, -0.15) is 0 Å². The highest BCUT2D eigenvalue weighted by Gasteiger charge is 2.15. The molecule has 1 rings (SSSR count). The van der Waals surface area contributed by atoms with Crippen molar-refractivity contribution in [2.24, 2.45) is 10.8 Å². The third kappa shape index (κ3) is 5.64. The average molecular weight is 239 g/mol. The van der Waals surface area contributed by atoms with Crippen LogP contribution in [0.15, 0.2) is 6.20 Å². The fourth-order valence-electron chi connectivity index (χ4n) is 1.55. The molecule has 0 aliphatic carbocycles. The molecule has 92 valence electrons. The van der Waals surface area contributed by atoms with Crippen molar-refractivity contribution >= 4 is 11.3 Å². The first-order chi connectivity index (χ1) is 7.16. The van der Waals surface area contributed by atoms with Gasteiger partial charge in [-0.25, -0.2) is 4.98 Å². The van der Waals surface area contributed by atoms with Crippen LogP contribution in [0, 0.1) is 10.8 Å². The molecule has 0 saturated carbocycles. The first-order valence-corrected chi connectivity index (χ1v) is 6.91. The number of aryl methyl sites for hydroxylation is 1. The van der Waals surface area contributed by atoms with Crippen LogP contribution < -0.4 is 0 Å². The van der Waals surface area contributed by atoms with Crippen LogP contribution in [0.3, 0.4) is 0 Å². The minimum absolute atomic E-state index is 0.369. The Morgan fingerprint density at radius 1 is 1.06 bits per heavy atom. The fourth-order valence-corrected chi connectivity index (χ4v) is 2.77. The lowest BCUT2D eigenvalue weighted by molar-refractivity contribution is 0.378. The van der Waals surface area contributed by atoms with Crippen LogP contribution in [0.25, 0.3) is 0 Å². The Balaban J connectivity index is 2.52. The van der Waals surface area contributed by atoms with Gasteiger partial charge in [-0.3, -0.25) is 0 Å². The molecule has 0 fully saturated rings. The Bertz CT molecular complexity index is 325. The SMILES string of the molecule is CC(C)(C)CCc1ncc(CC(C)(C)C)s1. The van der Waals surface area contributed by atoms with Gasteiger partial charge in [0.15, 0.2) is 0 Å². The summed E-state index contributed by atoms with van der Waals surface area (Å²) in [5, 5.41) is 1.30. The Morgan fingerprint density at radius 3 is 2.19 bits per heavy atom. The van der Waals surface area contributed by atoms with Crippen molar-refractivity contribution in [1.29, 1.82) is 0 Å². The molecule has 0 amide bonds. The summed E-state index contributed by atoms with van der Waals surface area (Å²) >= 11 is 1.89. The highest BCUT2D eigenvalue weighted by atomic mass is 32.1. The second-order valence-electron chi connectivity index (χ2n) is 7.02. The van der Waals surface area contributed by atoms with E-state index < -0.39 is 0 Å². The summed E-state index contributed by atoms with van der Waals surface area (Å²) in [5.74, 6) is 0. The number of thiazole rings is 1. The third-order valence-corrected chi connectivity index (χ3v) is 3.45. The highest BCUT2D eigenvalue weighted by molar-refractivity contribution is 7.11. The van der Waals surface area contributed by atoms with Gasteiger partial charge in [0.1, 0.15) is 0 Å². The van der Waals surface area contributed by atoms with Gasteiger partial charge in [0.25, 0.3) is 0 Å². The standard InChI is InChI=1S/C14H25NS/c1-13(2,3)8-7-12-15-10-11(16-12)9-14(4,5)6/h10H,7-9H2,1-6H3. The van der Waals surface area contributed by atoms with Crippen molar-refractivity contribution in [2.45, 2.75) is 60.8 Å². The molecule has 0 bridgehead atoms. The molecule has 0 aliphatic heterocycles. The molecule has 0 spiro atoms. The zero-order valence-corrected chi connectivity index (χ0v) is 12.4. The normalized spacial score (nSPS) is 13.1. The van der Waals surface area contributed by atoms with Crippen molar-refractivity contribution < 1.29 is 0 Å². The maximum atomic E-state index is 4.52. The van der Waals surface area contributed by atoms with E-state index in [-0.39, 0.29) is 0 Å². The molecule has 0 saturated heterocycles. The zero-order valence-electron chi connectivity index (χ0n) is 11.6. The lowest BCUT2D eigenvalue weighted by atomic mass is 9.91. The minimum atomic E-state index is 0.369. The van der Waals surface area contributed by atoms with E-state index in [0.717, 1.165) is 12.8 Å². The first kappa shape index (κ1) is 13.7. The van der Waals surface area contributed by atoms with Crippen LogP contribution >= 0.6 is 11.3 Å². The summed E-state index contributed by atoms with van der Waals surface area (Å²) in [6, 6.07) is 0. The van der Waals surface area contributed by atoms with E-state index in [0.29, 0.717) is 10.8 Å². The molecule has 1 aromatic rings. The van der Waals surface area contributed by atoms with E-state index >= 15 is 0 Å². The van der Waals surface area contributed by atoms with Crippen LogP contribution in [0.4, 0.5) is 0 Å². The van der Waals surface area contributed by atoms with Gasteiger partial charge in [0, 0.05) is 11.1 Å². The van der Waals surface area contributed by atoms with Crippen LogP contribution in [0.5, 0.6) is 0 Å². The molecule has 16 heavy (non-hydrogen) atoms. The Labute approximate surface area is 104 Å². The molecule has 0 radical (unpaired) electrons. The lowest BCUT2D eigenvalue weighted by Crippen LogP contribution is -2.07. The van der Waals surface area contributed by atoms with Gasteiger partial charge in [-0.1, -0.05) is 41.5 Å². The number of rotatable bonds is 3. The topological polar surface area (TPSA) is 12.9 Å². The number of hydrogen-bond acceptors (Lipinski definition) is 2. The average Bonchev–Trinajstić information content (AvgIpc) is 2.44. The van der Waals surface area contributed by atoms with Crippen LogP contribution in [0.2, 0.25) is 0 Å². The smallest absolute Gasteiger partial charge is 0.0927 e. The fraction of sp³-hybridized carbons (Fsp3) is 0.786. The molecular weight excluding hydrogens is 214 g/mol. The van der Waals surface area contributed by atoms with Crippen molar-refractivity contribution in [3.63, 3.8) is 0 Å². The summed E-state index contributed by atoms with van der Waals surface area (Å²) in [7, 11) is 0. The van der Waals surface area contributed by atoms with Crippen LogP contribution in [-0.4, -0.2) is 4.98 Å². The predicted octanol–water partition coefficient (Wildman–Crippen LogP) is 4.71. The molecule has 0 N–H and O–H groups in total. The van der Waals surface area contributed by atoms with Gasteiger partial charge >= 0.3 is 0 Å². The van der Waals surface area contributed by atoms with Crippen molar-refractivity contribution in [3.05, 3.63) is 16.1 Å². The summed E-state index contributed by atoms with van der Waals surface area (Å²) in [4.78, 5) is 5.95. The quantitative estimate of drug-likeness (QED) is 0.744. The van der Waals surface area contributed by atoms with Gasteiger partial charge in [-0.15, -0.1) is 11.3 Å². The molecule has 1 heterocycles. The Hall–Kier alpha value is -0.370. The molecule has 1 aromatic heterocycles. The first-order valence-electron chi connectivity index (χ1n) is 6.09. The summed E-state index contributed by atoms with van der Waals surface area (Å²) < 4.78 is 0. The van der Waals surface area contributed by atoms with Gasteiger partial charge in [-0.05, 0) is 30.1 Å². The van der Waals surface area contributed by atoms with Crippen LogP contribution in [0.1, 0.15) is 57.8 Å². The van der Waals surface area contributed by atoms with Crippen molar-refractivity contribution in [2.75, 3.05) is 0 Å². The molecule has 0 aliphatic rings. The van der Waals surface area contributed by atoms with E-state index in [1.807, 2.05) is 11.3 Å². The molecule has 0 unspecified atom stereocenters. The van der Waals surface area contributed by atoms with E-state index in [2.05, 4.69) is 52.7 Å². The Kier molecular flexibility index (Phi) is 4.17. The van der Waals surface area contributed by atoms with E-state index in [1.54, 1.807) is 0 Å². The number of aromatic nitrogens is 1. The number of nitrogens with zero attached hydrogens (tertiary/aromatic N) is 1. The van der Waals surface area contributed by atoms with Crippen molar-refractivity contribution in [1.82, 2.24) is 4.98 Å². The summed E-state index contributed by atoms with van der Waals surface area (Å²) in [5.41, 5.74) is 0.781. The van der Waals surface area contributed by atoms with Crippen LogP contribution in [-0.2, 0) is 12.8 Å². The van der Waals surface area contributed by atoms with Gasteiger partial charge in [0.2, 0.25) is 0 Å². The summed E-state index contributed by atoms with van der Waals surface area (Å²) in [6.07, 6.45) is 5.54. The minimum Gasteiger partial charge on any atom is -0.249 e. The molecule has 2 heteroatoms. The monoisotopic (exact) mass is 239 g/mol. The van der Waals surface area contributed by atoms with Crippen molar-refractivity contribution in [3.8, 4) is 0 Å². The Morgan fingerprint density at radius 2 is 1.69 bits per heavy atom. The molecule has 0 atom stereocenters.